The lowest BCUT2D eigenvalue weighted by Crippen LogP contribution is -2.47. The SMILES string of the molecule is CC1=CC(C)(C)N2C(=O)C(=O)c3cc(C)cc1c32. The van der Waals surface area contributed by atoms with Crippen molar-refractivity contribution in [1.82, 2.24) is 0 Å². The summed E-state index contributed by atoms with van der Waals surface area (Å²) in [5, 5.41) is 0. The van der Waals surface area contributed by atoms with Gasteiger partial charge in [-0.1, -0.05) is 6.08 Å². The van der Waals surface area contributed by atoms with Crippen LogP contribution in [0.5, 0.6) is 0 Å². The van der Waals surface area contributed by atoms with E-state index in [1.807, 2.05) is 39.8 Å². The molecule has 0 unspecified atom stereocenters. The van der Waals surface area contributed by atoms with Crippen LogP contribution >= 0.6 is 0 Å². The number of ketones is 1. The first-order valence-corrected chi connectivity index (χ1v) is 6.06. The summed E-state index contributed by atoms with van der Waals surface area (Å²) >= 11 is 0. The first-order chi connectivity index (χ1) is 8.33. The van der Waals surface area contributed by atoms with Gasteiger partial charge in [-0.05, 0) is 51.0 Å². The van der Waals surface area contributed by atoms with Crippen molar-refractivity contribution in [2.45, 2.75) is 33.2 Å². The van der Waals surface area contributed by atoms with Gasteiger partial charge in [0.05, 0.1) is 16.8 Å². The number of Topliss-reactive ketones (excluding diaryl/α,β-unsaturated/α-hetero) is 1. The maximum atomic E-state index is 12.2. The number of hydrogen-bond donors (Lipinski definition) is 0. The number of aryl methyl sites for hydroxylation is 1. The average Bonchev–Trinajstić information content (AvgIpc) is 2.50. The molecule has 1 aromatic carbocycles. The van der Waals surface area contributed by atoms with E-state index in [0.29, 0.717) is 5.56 Å². The first-order valence-electron chi connectivity index (χ1n) is 6.06. The van der Waals surface area contributed by atoms with Gasteiger partial charge in [0.1, 0.15) is 0 Å². The summed E-state index contributed by atoms with van der Waals surface area (Å²) in [7, 11) is 0. The van der Waals surface area contributed by atoms with Crippen LogP contribution in [0.3, 0.4) is 0 Å². The number of rotatable bonds is 0. The summed E-state index contributed by atoms with van der Waals surface area (Å²) in [5.74, 6) is -0.795. The number of amides is 1. The molecule has 0 fully saturated rings. The molecule has 0 spiro atoms. The highest BCUT2D eigenvalue weighted by molar-refractivity contribution is 6.53. The van der Waals surface area contributed by atoms with Gasteiger partial charge in [-0.15, -0.1) is 0 Å². The van der Waals surface area contributed by atoms with Gasteiger partial charge < -0.3 is 0 Å². The summed E-state index contributed by atoms with van der Waals surface area (Å²) in [6.45, 7) is 7.89. The van der Waals surface area contributed by atoms with Crippen molar-refractivity contribution >= 4 is 23.0 Å². The van der Waals surface area contributed by atoms with Crippen molar-refractivity contribution < 1.29 is 9.59 Å². The summed E-state index contributed by atoms with van der Waals surface area (Å²) in [4.78, 5) is 25.9. The largest absolute Gasteiger partial charge is 0.300 e. The van der Waals surface area contributed by atoms with Crippen LogP contribution in [0.15, 0.2) is 18.2 Å². The number of hydrogen-bond acceptors (Lipinski definition) is 2. The van der Waals surface area contributed by atoms with Crippen LogP contribution in [0.2, 0.25) is 0 Å². The molecule has 0 radical (unpaired) electrons. The summed E-state index contributed by atoms with van der Waals surface area (Å²) < 4.78 is 0. The third-order valence-electron chi connectivity index (χ3n) is 3.69. The van der Waals surface area contributed by atoms with Crippen molar-refractivity contribution in [2.24, 2.45) is 0 Å². The van der Waals surface area contributed by atoms with Crippen molar-refractivity contribution in [1.29, 1.82) is 0 Å². The van der Waals surface area contributed by atoms with Crippen LogP contribution in [-0.2, 0) is 4.79 Å². The van der Waals surface area contributed by atoms with Crippen LogP contribution in [0, 0.1) is 6.92 Å². The van der Waals surface area contributed by atoms with Crippen molar-refractivity contribution in [3.05, 3.63) is 34.9 Å². The molecule has 0 atom stereocenters. The standard InChI is InChI=1S/C15H15NO2/c1-8-5-10-9(2)7-15(3,4)16-12(10)11(6-8)13(17)14(16)18/h5-7H,1-4H3. The second kappa shape index (κ2) is 3.10. The minimum Gasteiger partial charge on any atom is -0.295 e. The average molecular weight is 241 g/mol. The smallest absolute Gasteiger partial charge is 0.295 e. The summed E-state index contributed by atoms with van der Waals surface area (Å²) in [5.41, 5.74) is 4.04. The Morgan fingerprint density at radius 2 is 1.67 bits per heavy atom. The molecule has 92 valence electrons. The van der Waals surface area contributed by atoms with E-state index in [-0.39, 0.29) is 5.78 Å². The molecular formula is C15H15NO2. The van der Waals surface area contributed by atoms with E-state index in [2.05, 4.69) is 6.08 Å². The van der Waals surface area contributed by atoms with Gasteiger partial charge in [0.15, 0.2) is 0 Å². The van der Waals surface area contributed by atoms with Crippen molar-refractivity contribution in [2.75, 3.05) is 4.90 Å². The van der Waals surface area contributed by atoms with Crippen molar-refractivity contribution in [3.8, 4) is 0 Å². The molecule has 0 N–H and O–H groups in total. The molecule has 2 aliphatic heterocycles. The Labute approximate surface area is 106 Å². The van der Waals surface area contributed by atoms with Crippen molar-refractivity contribution in [3.63, 3.8) is 0 Å². The number of carbonyl (C=O) groups excluding carboxylic acids is 2. The number of benzene rings is 1. The highest BCUT2D eigenvalue weighted by atomic mass is 16.2. The molecule has 3 nitrogen and oxygen atoms in total. The molecule has 0 saturated heterocycles. The zero-order chi connectivity index (χ0) is 13.2. The molecule has 0 saturated carbocycles. The lowest BCUT2D eigenvalue weighted by molar-refractivity contribution is -0.115. The van der Waals surface area contributed by atoms with E-state index in [4.69, 9.17) is 0 Å². The van der Waals surface area contributed by atoms with E-state index in [0.717, 1.165) is 22.4 Å². The second-order valence-corrected chi connectivity index (χ2v) is 5.66. The predicted octanol–water partition coefficient (Wildman–Crippen LogP) is 2.72. The van der Waals surface area contributed by atoms with Gasteiger partial charge in [-0.25, -0.2) is 0 Å². The molecule has 1 amide bonds. The quantitative estimate of drug-likeness (QED) is 0.655. The molecule has 3 rings (SSSR count). The van der Waals surface area contributed by atoms with E-state index >= 15 is 0 Å². The molecule has 0 aromatic heterocycles. The Hall–Kier alpha value is -1.90. The fourth-order valence-corrected chi connectivity index (χ4v) is 3.03. The molecule has 0 aliphatic carbocycles. The van der Waals surface area contributed by atoms with Crippen LogP contribution in [0.25, 0.3) is 5.57 Å². The Morgan fingerprint density at radius 1 is 1.06 bits per heavy atom. The zero-order valence-corrected chi connectivity index (χ0v) is 11.0. The fraction of sp³-hybridized carbons (Fsp3) is 0.333. The van der Waals surface area contributed by atoms with Gasteiger partial charge in [0.2, 0.25) is 0 Å². The topological polar surface area (TPSA) is 37.4 Å². The monoisotopic (exact) mass is 241 g/mol. The van der Waals surface area contributed by atoms with E-state index in [1.165, 1.54) is 0 Å². The third-order valence-corrected chi connectivity index (χ3v) is 3.69. The minimum absolute atomic E-state index is 0.383. The summed E-state index contributed by atoms with van der Waals surface area (Å²) in [6, 6.07) is 3.85. The van der Waals surface area contributed by atoms with Gasteiger partial charge in [-0.2, -0.15) is 0 Å². The van der Waals surface area contributed by atoms with Gasteiger partial charge in [-0.3, -0.25) is 14.5 Å². The number of anilines is 1. The van der Waals surface area contributed by atoms with Crippen LogP contribution in [0.1, 0.15) is 42.3 Å². The Morgan fingerprint density at radius 3 is 2.33 bits per heavy atom. The molecule has 3 heteroatoms. The molecule has 0 bridgehead atoms. The first kappa shape index (κ1) is 11.2. The molecular weight excluding hydrogens is 226 g/mol. The lowest BCUT2D eigenvalue weighted by atomic mass is 9.88. The van der Waals surface area contributed by atoms with E-state index < -0.39 is 11.4 Å². The normalized spacial score (nSPS) is 20.0. The van der Waals surface area contributed by atoms with E-state index in [9.17, 15) is 9.59 Å². The maximum Gasteiger partial charge on any atom is 0.300 e. The predicted molar refractivity (Wildman–Crippen MR) is 70.7 cm³/mol. The maximum absolute atomic E-state index is 12.2. The Kier molecular flexibility index (Phi) is 1.93. The van der Waals surface area contributed by atoms with Gasteiger partial charge >= 0.3 is 0 Å². The highest BCUT2D eigenvalue weighted by Crippen LogP contribution is 2.45. The van der Waals surface area contributed by atoms with Crippen LogP contribution < -0.4 is 4.90 Å². The highest BCUT2D eigenvalue weighted by Gasteiger charge is 2.46. The fourth-order valence-electron chi connectivity index (χ4n) is 3.03. The summed E-state index contributed by atoms with van der Waals surface area (Å²) in [6.07, 6.45) is 2.05. The number of allylic oxidation sites excluding steroid dienone is 1. The lowest BCUT2D eigenvalue weighted by Gasteiger charge is -2.38. The van der Waals surface area contributed by atoms with Crippen LogP contribution in [0.4, 0.5) is 5.69 Å². The molecule has 1 aromatic rings. The van der Waals surface area contributed by atoms with Gasteiger partial charge in [0.25, 0.3) is 11.7 Å². The Balaban J connectivity index is 2.42. The van der Waals surface area contributed by atoms with Gasteiger partial charge in [0, 0.05) is 5.56 Å². The Bertz CT molecular complexity index is 638. The third kappa shape index (κ3) is 1.19. The van der Waals surface area contributed by atoms with E-state index in [1.54, 1.807) is 4.90 Å². The second-order valence-electron chi connectivity index (χ2n) is 5.66. The number of nitrogens with zero attached hydrogens (tertiary/aromatic N) is 1. The number of carbonyl (C=O) groups is 2. The molecule has 2 heterocycles. The molecule has 18 heavy (non-hydrogen) atoms. The molecule has 2 aliphatic rings. The van der Waals surface area contributed by atoms with Crippen LogP contribution in [-0.4, -0.2) is 17.2 Å². The minimum atomic E-state index is -0.440. The zero-order valence-electron chi connectivity index (χ0n) is 11.0.